The molecule has 4 heteroatoms. The fourth-order valence-electron chi connectivity index (χ4n) is 1.10. The van der Waals surface area contributed by atoms with Gasteiger partial charge in [-0.15, -0.1) is 23.2 Å². The summed E-state index contributed by atoms with van der Waals surface area (Å²) in [5.74, 6) is 0. The fraction of sp³-hybridized carbons (Fsp3) is 0.250. The molecule has 1 aliphatic heterocycles. The summed E-state index contributed by atoms with van der Waals surface area (Å²) in [6.07, 6.45) is 0. The highest BCUT2D eigenvalue weighted by atomic mass is 32.2. The molecule has 0 atom stereocenters. The molecule has 0 saturated heterocycles. The molecule has 0 unspecified atom stereocenters. The Kier molecular flexibility index (Phi) is 2.39. The lowest BCUT2D eigenvalue weighted by molar-refractivity contribution is 0.670. The van der Waals surface area contributed by atoms with Gasteiger partial charge in [-0.3, -0.25) is 0 Å². The third kappa shape index (κ3) is 1.51. The molecule has 0 aliphatic carbocycles. The lowest BCUT2D eigenvalue weighted by atomic mass is 10.3. The Morgan fingerprint density at radius 3 is 2.00 bits per heavy atom. The first-order chi connectivity index (χ1) is 5.77. The van der Waals surface area contributed by atoms with Crippen LogP contribution in [0.4, 0.5) is 0 Å². The van der Waals surface area contributed by atoms with Crippen LogP contribution in [-0.4, -0.2) is 24.3 Å². The molecule has 0 aromatic heterocycles. The Labute approximate surface area is 81.8 Å². The van der Waals surface area contributed by atoms with Crippen LogP contribution in [0, 0.1) is 0 Å². The average Bonchev–Trinajstić information content (AvgIpc) is 2.46. The molecule has 0 saturated carbocycles. The molecule has 1 aromatic carbocycles. The highest BCUT2D eigenvalue weighted by Gasteiger charge is 2.28. The van der Waals surface area contributed by atoms with Gasteiger partial charge in [-0.1, -0.05) is 12.1 Å². The van der Waals surface area contributed by atoms with Gasteiger partial charge < -0.3 is 4.81 Å². The second kappa shape index (κ2) is 3.36. The molecule has 0 fully saturated rings. The highest BCUT2D eigenvalue weighted by Crippen LogP contribution is 2.45. The molecule has 12 heavy (non-hydrogen) atoms. The van der Waals surface area contributed by atoms with Gasteiger partial charge in [0, 0.05) is 9.79 Å². The minimum absolute atomic E-state index is 0.558. The minimum Gasteiger partial charge on any atom is -0.328 e. The van der Waals surface area contributed by atoms with Crippen molar-refractivity contribution in [1.82, 2.24) is 4.81 Å². The first kappa shape index (κ1) is 8.54. The summed E-state index contributed by atoms with van der Waals surface area (Å²) >= 11 is 3.87. The van der Waals surface area contributed by atoms with Crippen molar-refractivity contribution in [2.24, 2.45) is 0 Å². The highest BCUT2D eigenvalue weighted by molar-refractivity contribution is 8.55. The van der Waals surface area contributed by atoms with E-state index in [0.29, 0.717) is 5.40 Å². The molecule has 1 heterocycles. The maximum absolute atomic E-state index is 2.25. The van der Waals surface area contributed by atoms with Gasteiger partial charge in [0.05, 0.1) is 0 Å². The molecule has 0 N–H and O–H groups in total. The van der Waals surface area contributed by atoms with Crippen molar-refractivity contribution in [1.29, 1.82) is 0 Å². The van der Waals surface area contributed by atoms with Crippen LogP contribution < -0.4 is 0 Å². The first-order valence-corrected chi connectivity index (χ1v) is 5.62. The van der Waals surface area contributed by atoms with E-state index in [4.69, 9.17) is 0 Å². The van der Waals surface area contributed by atoms with E-state index < -0.39 is 0 Å². The zero-order valence-corrected chi connectivity index (χ0v) is 8.78. The van der Waals surface area contributed by atoms with Crippen LogP contribution in [0.5, 0.6) is 0 Å². The van der Waals surface area contributed by atoms with Crippen molar-refractivity contribution in [3.05, 3.63) is 24.3 Å². The largest absolute Gasteiger partial charge is 0.370 e. The van der Waals surface area contributed by atoms with E-state index in [9.17, 15) is 0 Å². The van der Waals surface area contributed by atoms with E-state index in [2.05, 4.69) is 43.2 Å². The van der Waals surface area contributed by atoms with Gasteiger partial charge >= 0.3 is 5.40 Å². The molecule has 1 aliphatic rings. The number of fused-ring (bicyclic) bond motifs is 1. The average molecular weight is 195 g/mol. The Bertz CT molecular complexity index is 265. The molecule has 1 nitrogen and oxygen atoms in total. The zero-order chi connectivity index (χ0) is 8.55. The Morgan fingerprint density at radius 2 is 1.58 bits per heavy atom. The van der Waals surface area contributed by atoms with E-state index in [1.54, 1.807) is 0 Å². The zero-order valence-electron chi connectivity index (χ0n) is 7.15. The summed E-state index contributed by atoms with van der Waals surface area (Å²) in [6, 6.07) is 8.59. The van der Waals surface area contributed by atoms with Crippen molar-refractivity contribution in [3.63, 3.8) is 0 Å². The van der Waals surface area contributed by atoms with Crippen molar-refractivity contribution < 1.29 is 0 Å². The lowest BCUT2D eigenvalue weighted by Gasteiger charge is -2.11. The summed E-state index contributed by atoms with van der Waals surface area (Å²) in [4.78, 5) is 5.08. The van der Waals surface area contributed by atoms with E-state index in [1.807, 2.05) is 23.2 Å². The number of hydrogen-bond acceptors (Lipinski definition) is 3. The molecule has 62 valence electrons. The van der Waals surface area contributed by atoms with Crippen molar-refractivity contribution >= 4 is 28.6 Å². The summed E-state index contributed by atoms with van der Waals surface area (Å²) in [6.45, 7) is 0. The molecule has 0 bridgehead atoms. The van der Waals surface area contributed by atoms with E-state index >= 15 is 0 Å². The Balaban J connectivity index is 2.22. The quantitative estimate of drug-likeness (QED) is 0.633. The molecule has 0 spiro atoms. The van der Waals surface area contributed by atoms with Gasteiger partial charge in [0.15, 0.2) is 0 Å². The third-order valence-electron chi connectivity index (χ3n) is 1.73. The van der Waals surface area contributed by atoms with Crippen LogP contribution in [0.25, 0.3) is 0 Å². The van der Waals surface area contributed by atoms with Gasteiger partial charge in [0.25, 0.3) is 0 Å². The van der Waals surface area contributed by atoms with Gasteiger partial charge in [-0.2, -0.15) is 0 Å². The van der Waals surface area contributed by atoms with E-state index in [1.165, 1.54) is 9.79 Å². The maximum atomic E-state index is 2.25. The SMILES string of the molecule is CN(C)B1Sc2ccccc2S1. The minimum atomic E-state index is 0.558. The molecular formula is C8H10BNS2. The van der Waals surface area contributed by atoms with Crippen LogP contribution in [-0.2, 0) is 0 Å². The van der Waals surface area contributed by atoms with Crippen molar-refractivity contribution in [2.75, 3.05) is 14.1 Å². The second-order valence-electron chi connectivity index (χ2n) is 2.95. The molecular weight excluding hydrogens is 185 g/mol. The summed E-state index contributed by atoms with van der Waals surface area (Å²) in [5, 5.41) is 0.558. The summed E-state index contributed by atoms with van der Waals surface area (Å²) < 4.78 is 0. The summed E-state index contributed by atoms with van der Waals surface area (Å²) in [5.41, 5.74) is 0. The molecule has 1 aromatic rings. The van der Waals surface area contributed by atoms with Crippen LogP contribution >= 0.6 is 23.2 Å². The van der Waals surface area contributed by atoms with Crippen molar-refractivity contribution in [2.45, 2.75) is 9.79 Å². The number of benzene rings is 1. The maximum Gasteiger partial charge on any atom is 0.370 e. The van der Waals surface area contributed by atoms with Crippen LogP contribution in [0.1, 0.15) is 0 Å². The molecule has 0 radical (unpaired) electrons. The molecule has 0 amide bonds. The monoisotopic (exact) mass is 195 g/mol. The van der Waals surface area contributed by atoms with E-state index in [0.717, 1.165) is 0 Å². The van der Waals surface area contributed by atoms with Gasteiger partial charge in [-0.25, -0.2) is 0 Å². The Hall–Kier alpha value is -0.0551. The number of nitrogens with zero attached hydrogens (tertiary/aromatic N) is 1. The second-order valence-corrected chi connectivity index (χ2v) is 5.50. The van der Waals surface area contributed by atoms with Crippen LogP contribution in [0.15, 0.2) is 34.1 Å². The topological polar surface area (TPSA) is 3.24 Å². The third-order valence-corrected chi connectivity index (χ3v) is 4.90. The first-order valence-electron chi connectivity index (χ1n) is 3.86. The Morgan fingerprint density at radius 1 is 1.08 bits per heavy atom. The predicted molar refractivity (Wildman–Crippen MR) is 57.6 cm³/mol. The predicted octanol–water partition coefficient (Wildman–Crippen LogP) is 2.43. The van der Waals surface area contributed by atoms with E-state index in [-0.39, 0.29) is 0 Å². The van der Waals surface area contributed by atoms with Crippen LogP contribution in [0.2, 0.25) is 0 Å². The summed E-state index contributed by atoms with van der Waals surface area (Å²) in [7, 11) is 4.24. The molecule has 2 rings (SSSR count). The fourth-order valence-corrected chi connectivity index (χ4v) is 3.74. The smallest absolute Gasteiger partial charge is 0.328 e. The number of rotatable bonds is 1. The van der Waals surface area contributed by atoms with Gasteiger partial charge in [0.1, 0.15) is 0 Å². The lowest BCUT2D eigenvalue weighted by Crippen LogP contribution is -2.24. The number of hydrogen-bond donors (Lipinski definition) is 0. The standard InChI is InChI=1S/C8H10BNS2/c1-10(2)9-11-7-5-3-4-6-8(7)12-9/h3-6H,1-2H3. The normalized spacial score (nSPS) is 15.4. The van der Waals surface area contributed by atoms with Crippen molar-refractivity contribution in [3.8, 4) is 0 Å². The van der Waals surface area contributed by atoms with Crippen LogP contribution in [0.3, 0.4) is 0 Å². The van der Waals surface area contributed by atoms with Gasteiger partial charge in [0.2, 0.25) is 0 Å². The van der Waals surface area contributed by atoms with Gasteiger partial charge in [-0.05, 0) is 26.2 Å².